The van der Waals surface area contributed by atoms with Crippen molar-refractivity contribution < 1.29 is 32.1 Å². The molecule has 0 bridgehead atoms. The molecule has 16 heavy (non-hydrogen) atoms. The Morgan fingerprint density at radius 3 is 2.12 bits per heavy atom. The fourth-order valence-corrected chi connectivity index (χ4v) is 1.21. The Bertz CT molecular complexity index is 419. The summed E-state index contributed by atoms with van der Waals surface area (Å²) in [6, 6.07) is 3.31. The molecule has 0 amide bonds. The second-order valence-corrected chi connectivity index (χ2v) is 3.18. The van der Waals surface area contributed by atoms with Gasteiger partial charge >= 0.3 is 12.2 Å². The molecule has 0 spiro atoms. The van der Waals surface area contributed by atoms with E-state index in [-0.39, 0.29) is 5.56 Å². The Morgan fingerprint density at radius 2 is 1.56 bits per heavy atom. The second kappa shape index (κ2) is 3.24. The molecule has 88 valence electrons. The summed E-state index contributed by atoms with van der Waals surface area (Å²) in [5.41, 5.74) is 0.253. The lowest BCUT2D eigenvalue weighted by atomic mass is 10.2. The summed E-state index contributed by atoms with van der Waals surface area (Å²) in [7, 11) is 0. The summed E-state index contributed by atoms with van der Waals surface area (Å²) >= 11 is 0. The maximum atomic E-state index is 12.7. The molecule has 1 aromatic rings. The number of alkyl halides is 4. The van der Waals surface area contributed by atoms with Crippen molar-refractivity contribution >= 4 is 0 Å². The van der Waals surface area contributed by atoms with E-state index in [2.05, 4.69) is 9.47 Å². The van der Waals surface area contributed by atoms with Crippen molar-refractivity contribution in [2.45, 2.75) is 18.8 Å². The summed E-state index contributed by atoms with van der Waals surface area (Å²) in [6.45, 7) is -0.418. The maximum Gasteiger partial charge on any atom is 0.507 e. The van der Waals surface area contributed by atoms with Crippen molar-refractivity contribution in [3.8, 4) is 11.5 Å². The van der Waals surface area contributed by atoms with Gasteiger partial charge in [0.1, 0.15) is 0 Å². The average Bonchev–Trinajstić information content (AvgIpc) is 2.18. The molecule has 2 rings (SSSR count). The topological polar surface area (TPSA) is 38.7 Å². The van der Waals surface area contributed by atoms with Gasteiger partial charge in [-0.2, -0.15) is 17.6 Å². The van der Waals surface area contributed by atoms with Crippen molar-refractivity contribution in [1.82, 2.24) is 0 Å². The van der Waals surface area contributed by atoms with E-state index >= 15 is 0 Å². The molecule has 0 fully saturated rings. The van der Waals surface area contributed by atoms with E-state index in [9.17, 15) is 17.6 Å². The number of aliphatic hydroxyl groups excluding tert-OH is 1. The van der Waals surface area contributed by atoms with Crippen LogP contribution in [0, 0.1) is 0 Å². The number of aliphatic hydroxyl groups is 1. The number of ether oxygens (including phenoxy) is 2. The molecule has 1 heterocycles. The van der Waals surface area contributed by atoms with Crippen LogP contribution >= 0.6 is 0 Å². The van der Waals surface area contributed by atoms with Crippen LogP contribution in [0.25, 0.3) is 0 Å². The van der Waals surface area contributed by atoms with Crippen LogP contribution in [0.15, 0.2) is 18.2 Å². The highest BCUT2D eigenvalue weighted by molar-refractivity contribution is 5.44. The van der Waals surface area contributed by atoms with Gasteiger partial charge in [-0.15, -0.1) is 0 Å². The third kappa shape index (κ3) is 1.57. The SMILES string of the molecule is OCc1ccc2c(c1)OC(F)(F)C(F)(F)O2. The quantitative estimate of drug-likeness (QED) is 0.762. The minimum Gasteiger partial charge on any atom is -0.421 e. The van der Waals surface area contributed by atoms with Crippen LogP contribution in [0.4, 0.5) is 17.6 Å². The van der Waals surface area contributed by atoms with Crippen LogP contribution in [0.2, 0.25) is 0 Å². The summed E-state index contributed by atoms with van der Waals surface area (Å²) in [5, 5.41) is 8.74. The molecule has 0 saturated heterocycles. The van der Waals surface area contributed by atoms with E-state index in [1.807, 2.05) is 0 Å². The third-order valence-corrected chi connectivity index (χ3v) is 2.01. The minimum absolute atomic E-state index is 0.253. The first-order valence-corrected chi connectivity index (χ1v) is 4.23. The molecule has 1 N–H and O–H groups in total. The van der Waals surface area contributed by atoms with Crippen LogP contribution < -0.4 is 9.47 Å². The molecule has 3 nitrogen and oxygen atoms in total. The number of hydrogen-bond donors (Lipinski definition) is 1. The van der Waals surface area contributed by atoms with E-state index in [4.69, 9.17) is 5.11 Å². The van der Waals surface area contributed by atoms with Crippen molar-refractivity contribution in [3.05, 3.63) is 23.8 Å². The zero-order valence-electron chi connectivity index (χ0n) is 7.71. The monoisotopic (exact) mass is 238 g/mol. The highest BCUT2D eigenvalue weighted by Crippen LogP contribution is 2.46. The predicted octanol–water partition coefficient (Wildman–Crippen LogP) is 2.14. The Kier molecular flexibility index (Phi) is 2.23. The normalized spacial score (nSPS) is 20.6. The van der Waals surface area contributed by atoms with Gasteiger partial charge in [0.2, 0.25) is 0 Å². The molecule has 0 aliphatic carbocycles. The zero-order valence-corrected chi connectivity index (χ0v) is 7.71. The summed E-state index contributed by atoms with van der Waals surface area (Å²) in [4.78, 5) is 0. The molecule has 0 aromatic heterocycles. The van der Waals surface area contributed by atoms with Gasteiger partial charge in [0.15, 0.2) is 11.5 Å². The van der Waals surface area contributed by atoms with Gasteiger partial charge in [0.05, 0.1) is 6.61 Å². The minimum atomic E-state index is -4.73. The van der Waals surface area contributed by atoms with Gasteiger partial charge in [-0.3, -0.25) is 0 Å². The van der Waals surface area contributed by atoms with Crippen LogP contribution in [0.1, 0.15) is 5.56 Å². The first-order valence-electron chi connectivity index (χ1n) is 4.23. The van der Waals surface area contributed by atoms with Crippen LogP contribution in [0.5, 0.6) is 11.5 Å². The van der Waals surface area contributed by atoms with E-state index in [1.54, 1.807) is 0 Å². The number of hydrogen-bond acceptors (Lipinski definition) is 3. The number of halogens is 4. The van der Waals surface area contributed by atoms with E-state index < -0.39 is 30.3 Å². The fourth-order valence-electron chi connectivity index (χ4n) is 1.21. The van der Waals surface area contributed by atoms with Crippen LogP contribution in [0.3, 0.4) is 0 Å². The van der Waals surface area contributed by atoms with Gasteiger partial charge in [0.25, 0.3) is 0 Å². The molecule has 0 saturated carbocycles. The molecule has 0 atom stereocenters. The molecule has 1 aromatic carbocycles. The molecule has 1 aliphatic rings. The Morgan fingerprint density at radius 1 is 1.00 bits per heavy atom. The lowest BCUT2D eigenvalue weighted by molar-refractivity contribution is -0.391. The number of rotatable bonds is 1. The molecule has 7 heteroatoms. The van der Waals surface area contributed by atoms with Gasteiger partial charge in [-0.1, -0.05) is 6.07 Å². The van der Waals surface area contributed by atoms with Crippen LogP contribution in [-0.4, -0.2) is 17.3 Å². The Labute approximate surface area is 87.2 Å². The van der Waals surface area contributed by atoms with Gasteiger partial charge in [-0.25, -0.2) is 0 Å². The third-order valence-electron chi connectivity index (χ3n) is 2.01. The molecule has 0 unspecified atom stereocenters. The zero-order chi connectivity index (χ0) is 12.0. The largest absolute Gasteiger partial charge is 0.507 e. The molecule has 0 radical (unpaired) electrons. The van der Waals surface area contributed by atoms with Gasteiger partial charge < -0.3 is 14.6 Å². The average molecular weight is 238 g/mol. The summed E-state index contributed by atoms with van der Waals surface area (Å²) in [5.74, 6) is -1.02. The van der Waals surface area contributed by atoms with E-state index in [0.29, 0.717) is 0 Å². The fraction of sp³-hybridized carbons (Fsp3) is 0.333. The smallest absolute Gasteiger partial charge is 0.421 e. The summed E-state index contributed by atoms with van der Waals surface area (Å²) in [6.07, 6.45) is -9.44. The van der Waals surface area contributed by atoms with Crippen molar-refractivity contribution in [3.63, 3.8) is 0 Å². The van der Waals surface area contributed by atoms with Crippen molar-refractivity contribution in [2.75, 3.05) is 0 Å². The second-order valence-electron chi connectivity index (χ2n) is 3.18. The highest BCUT2D eigenvalue weighted by Gasteiger charge is 2.65. The number of fused-ring (bicyclic) bond motifs is 1. The predicted molar refractivity (Wildman–Crippen MR) is 43.5 cm³/mol. The Balaban J connectivity index is 2.43. The highest BCUT2D eigenvalue weighted by atomic mass is 19.3. The van der Waals surface area contributed by atoms with Crippen LogP contribution in [-0.2, 0) is 6.61 Å². The lowest BCUT2D eigenvalue weighted by Crippen LogP contribution is -2.52. The molecular weight excluding hydrogens is 232 g/mol. The first-order chi connectivity index (χ1) is 7.36. The maximum absolute atomic E-state index is 12.7. The lowest BCUT2D eigenvalue weighted by Gasteiger charge is -2.31. The molecular formula is C9H6F4O3. The number of benzene rings is 1. The van der Waals surface area contributed by atoms with Gasteiger partial charge in [-0.05, 0) is 17.7 Å². The van der Waals surface area contributed by atoms with E-state index in [0.717, 1.165) is 12.1 Å². The van der Waals surface area contributed by atoms with Crippen molar-refractivity contribution in [2.24, 2.45) is 0 Å². The summed E-state index contributed by atoms with van der Waals surface area (Å²) < 4.78 is 58.6. The standard InChI is InChI=1S/C9H6F4O3/c10-8(11)9(12,13)16-7-3-5(4-14)1-2-6(7)15-8/h1-3,14H,4H2. The van der Waals surface area contributed by atoms with Crippen molar-refractivity contribution in [1.29, 1.82) is 0 Å². The Hall–Kier alpha value is -1.50. The van der Waals surface area contributed by atoms with E-state index in [1.165, 1.54) is 6.07 Å². The molecule has 1 aliphatic heterocycles. The first kappa shape index (κ1) is 11.0. The van der Waals surface area contributed by atoms with Gasteiger partial charge in [0, 0.05) is 0 Å².